The van der Waals surface area contributed by atoms with Crippen LogP contribution in [0.15, 0.2) is 0 Å². The van der Waals surface area contributed by atoms with Crippen molar-refractivity contribution < 1.29 is 23.9 Å². The smallest absolute Gasteiger partial charge is 0.328 e. The average Bonchev–Trinajstić information content (AvgIpc) is 2.57. The predicted molar refractivity (Wildman–Crippen MR) is 107 cm³/mol. The Balaban J connectivity index is 3.17. The van der Waals surface area contributed by atoms with E-state index in [0.29, 0.717) is 6.42 Å². The number of hydrogen-bond donors (Lipinski definition) is 2. The Labute approximate surface area is 160 Å². The summed E-state index contributed by atoms with van der Waals surface area (Å²) in [7, 11) is -4.06. The predicted octanol–water partition coefficient (Wildman–Crippen LogP) is 5.97. The molecular weight excluding hydrogens is 351 g/mol. The van der Waals surface area contributed by atoms with Crippen molar-refractivity contribution in [2.45, 2.75) is 110 Å². The van der Waals surface area contributed by atoms with Crippen molar-refractivity contribution in [3.63, 3.8) is 0 Å². The summed E-state index contributed by atoms with van der Waals surface area (Å²) in [5.74, 6) is -0.354. The number of esters is 1. The van der Waals surface area contributed by atoms with Gasteiger partial charge in [-0.1, -0.05) is 96.8 Å². The molecular formula is C20H41O5P. The van der Waals surface area contributed by atoms with E-state index in [4.69, 9.17) is 14.5 Å². The van der Waals surface area contributed by atoms with Crippen LogP contribution in [-0.4, -0.2) is 28.5 Å². The largest absolute Gasteiger partial charge is 0.465 e. The SMILES string of the molecule is CCCCCCCCCCCCCCCCCC(=O)OCCP(=O)(O)O. The van der Waals surface area contributed by atoms with E-state index in [-0.39, 0.29) is 12.6 Å². The third-order valence-corrected chi connectivity index (χ3v) is 5.40. The van der Waals surface area contributed by atoms with E-state index in [2.05, 4.69) is 6.92 Å². The van der Waals surface area contributed by atoms with Crippen LogP contribution >= 0.6 is 7.60 Å². The molecule has 0 spiro atoms. The molecule has 0 aromatic rings. The van der Waals surface area contributed by atoms with Crippen molar-refractivity contribution in [2.24, 2.45) is 0 Å². The first-order valence-corrected chi connectivity index (χ1v) is 12.5. The Morgan fingerprint density at radius 1 is 0.731 bits per heavy atom. The van der Waals surface area contributed by atoms with Crippen molar-refractivity contribution >= 4 is 13.6 Å². The fraction of sp³-hybridized carbons (Fsp3) is 0.950. The van der Waals surface area contributed by atoms with Gasteiger partial charge in [-0.05, 0) is 6.42 Å². The third-order valence-electron chi connectivity index (χ3n) is 4.63. The van der Waals surface area contributed by atoms with Gasteiger partial charge in [0, 0.05) is 6.42 Å². The molecule has 0 aromatic carbocycles. The topological polar surface area (TPSA) is 83.8 Å². The number of carbonyl (C=O) groups is 1. The van der Waals surface area contributed by atoms with Crippen molar-refractivity contribution in [3.8, 4) is 0 Å². The summed E-state index contributed by atoms with van der Waals surface area (Å²) in [5, 5.41) is 0. The van der Waals surface area contributed by atoms with Crippen molar-refractivity contribution in [1.82, 2.24) is 0 Å². The zero-order valence-corrected chi connectivity index (χ0v) is 17.7. The summed E-state index contributed by atoms with van der Waals surface area (Å²) in [6, 6.07) is 0. The van der Waals surface area contributed by atoms with Crippen LogP contribution < -0.4 is 0 Å². The number of unbranched alkanes of at least 4 members (excludes halogenated alkanes) is 14. The quantitative estimate of drug-likeness (QED) is 0.161. The molecule has 5 nitrogen and oxygen atoms in total. The second-order valence-electron chi connectivity index (χ2n) is 7.31. The highest BCUT2D eigenvalue weighted by atomic mass is 31.2. The summed E-state index contributed by atoms with van der Waals surface area (Å²) in [5.41, 5.74) is 0. The zero-order chi connectivity index (χ0) is 19.5. The van der Waals surface area contributed by atoms with E-state index in [1.165, 1.54) is 77.0 Å². The van der Waals surface area contributed by atoms with Gasteiger partial charge in [0.25, 0.3) is 0 Å². The monoisotopic (exact) mass is 392 g/mol. The molecule has 0 rings (SSSR count). The number of hydrogen-bond acceptors (Lipinski definition) is 3. The maximum Gasteiger partial charge on any atom is 0.328 e. The summed E-state index contributed by atoms with van der Waals surface area (Å²) in [4.78, 5) is 28.7. The third kappa shape index (κ3) is 21.7. The highest BCUT2D eigenvalue weighted by Gasteiger charge is 2.13. The molecule has 0 atom stereocenters. The lowest BCUT2D eigenvalue weighted by molar-refractivity contribution is -0.143. The van der Waals surface area contributed by atoms with Crippen LogP contribution in [0.5, 0.6) is 0 Å². The first-order valence-electron chi connectivity index (χ1n) is 10.7. The molecule has 0 aliphatic rings. The van der Waals surface area contributed by atoms with Gasteiger partial charge in [-0.15, -0.1) is 0 Å². The van der Waals surface area contributed by atoms with Gasteiger partial charge in [-0.25, -0.2) is 0 Å². The van der Waals surface area contributed by atoms with E-state index < -0.39 is 13.8 Å². The number of rotatable bonds is 19. The maximum atomic E-state index is 11.4. The fourth-order valence-corrected chi connectivity index (χ4v) is 3.32. The minimum atomic E-state index is -4.06. The van der Waals surface area contributed by atoms with Gasteiger partial charge >= 0.3 is 13.6 Å². The van der Waals surface area contributed by atoms with Gasteiger partial charge in [-0.2, -0.15) is 0 Å². The van der Waals surface area contributed by atoms with Gasteiger partial charge in [0.15, 0.2) is 0 Å². The normalized spacial score (nSPS) is 11.7. The molecule has 6 heteroatoms. The molecule has 2 N–H and O–H groups in total. The molecule has 0 aliphatic heterocycles. The molecule has 156 valence electrons. The molecule has 0 aliphatic carbocycles. The lowest BCUT2D eigenvalue weighted by Gasteiger charge is -2.06. The van der Waals surface area contributed by atoms with Crippen molar-refractivity contribution in [2.75, 3.05) is 12.8 Å². The standard InChI is InChI=1S/C20H41O5P/c1-2-3-4-5-6-7-8-9-10-11-12-13-14-15-16-17-20(21)25-18-19-26(22,23)24/h2-19H2,1H3,(H2,22,23,24). The van der Waals surface area contributed by atoms with Gasteiger partial charge in [0.2, 0.25) is 0 Å². The van der Waals surface area contributed by atoms with Crippen molar-refractivity contribution in [1.29, 1.82) is 0 Å². The van der Waals surface area contributed by atoms with Crippen LogP contribution in [0.1, 0.15) is 110 Å². The second kappa shape index (κ2) is 18.0. The molecule has 0 bridgehead atoms. The Kier molecular flexibility index (Phi) is 17.7. The molecule has 0 saturated carbocycles. The zero-order valence-electron chi connectivity index (χ0n) is 16.8. The minimum Gasteiger partial charge on any atom is -0.465 e. The van der Waals surface area contributed by atoms with Crippen LogP contribution in [-0.2, 0) is 14.1 Å². The second-order valence-corrected chi connectivity index (χ2v) is 9.09. The van der Waals surface area contributed by atoms with E-state index in [0.717, 1.165) is 19.3 Å². The van der Waals surface area contributed by atoms with Gasteiger partial charge in [0.1, 0.15) is 6.61 Å². The fourth-order valence-electron chi connectivity index (χ4n) is 2.99. The van der Waals surface area contributed by atoms with Gasteiger partial charge in [-0.3, -0.25) is 9.36 Å². The maximum absolute atomic E-state index is 11.4. The first-order chi connectivity index (χ1) is 12.5. The summed E-state index contributed by atoms with van der Waals surface area (Å²) in [6.45, 7) is 2.06. The van der Waals surface area contributed by atoms with Gasteiger partial charge in [0.05, 0.1) is 6.16 Å². The molecule has 0 saturated heterocycles. The highest BCUT2D eigenvalue weighted by molar-refractivity contribution is 7.51. The molecule has 0 unspecified atom stereocenters. The minimum absolute atomic E-state index is 0.193. The first kappa shape index (κ1) is 25.6. The Hall–Kier alpha value is -0.380. The van der Waals surface area contributed by atoms with Crippen LogP contribution in [0.4, 0.5) is 0 Å². The Bertz CT molecular complexity index is 367. The summed E-state index contributed by atoms with van der Waals surface area (Å²) in [6.07, 6.45) is 19.2. The average molecular weight is 393 g/mol. The Morgan fingerprint density at radius 2 is 1.12 bits per heavy atom. The molecule has 0 amide bonds. The number of ether oxygens (including phenoxy) is 1. The molecule has 0 fully saturated rings. The molecule has 0 radical (unpaired) electrons. The highest BCUT2D eigenvalue weighted by Crippen LogP contribution is 2.33. The van der Waals surface area contributed by atoms with E-state index in [1.807, 2.05) is 0 Å². The van der Waals surface area contributed by atoms with Crippen molar-refractivity contribution in [3.05, 3.63) is 0 Å². The molecule has 0 aromatic heterocycles. The summed E-state index contributed by atoms with van der Waals surface area (Å²) >= 11 is 0. The van der Waals surface area contributed by atoms with E-state index in [9.17, 15) is 9.36 Å². The molecule has 26 heavy (non-hydrogen) atoms. The van der Waals surface area contributed by atoms with E-state index in [1.54, 1.807) is 0 Å². The number of carbonyl (C=O) groups excluding carboxylic acids is 1. The Morgan fingerprint density at radius 3 is 1.50 bits per heavy atom. The lowest BCUT2D eigenvalue weighted by atomic mass is 10.0. The van der Waals surface area contributed by atoms with Gasteiger partial charge < -0.3 is 14.5 Å². The van der Waals surface area contributed by atoms with E-state index >= 15 is 0 Å². The lowest BCUT2D eigenvalue weighted by Crippen LogP contribution is -2.08. The van der Waals surface area contributed by atoms with Crippen LogP contribution in [0.2, 0.25) is 0 Å². The molecule has 0 heterocycles. The van der Waals surface area contributed by atoms with Crippen LogP contribution in [0.3, 0.4) is 0 Å². The van der Waals surface area contributed by atoms with Crippen LogP contribution in [0.25, 0.3) is 0 Å². The summed E-state index contributed by atoms with van der Waals surface area (Å²) < 4.78 is 15.4. The van der Waals surface area contributed by atoms with Crippen LogP contribution in [0, 0.1) is 0 Å².